The lowest BCUT2D eigenvalue weighted by atomic mass is 9.46. The van der Waals surface area contributed by atoms with E-state index in [0.717, 1.165) is 24.8 Å². The second-order valence-corrected chi connectivity index (χ2v) is 9.82. The van der Waals surface area contributed by atoms with Gasteiger partial charge in [0.1, 0.15) is 6.10 Å². The van der Waals surface area contributed by atoms with E-state index in [1.54, 1.807) is 0 Å². The van der Waals surface area contributed by atoms with Crippen LogP contribution in [-0.4, -0.2) is 25.2 Å². The van der Waals surface area contributed by atoms with Crippen molar-refractivity contribution in [2.75, 3.05) is 7.11 Å². The van der Waals surface area contributed by atoms with Crippen molar-refractivity contribution >= 4 is 11.9 Å². The highest BCUT2D eigenvalue weighted by Gasteiger charge is 2.55. The number of esters is 2. The second-order valence-electron chi connectivity index (χ2n) is 9.82. The number of carbonyl (C=O) groups excluding carboxylic acids is 2. The third kappa shape index (κ3) is 4.75. The standard InChI is InChI=1S/C23H38O4/c1-15(13-21(25)26-7)9-10-18-16(2)19(27-17(3)24)14-20-22(4,5)11-8-12-23(18,20)6/h15,18-20H,2,8-14H2,1,3-7H3. The predicted molar refractivity (Wildman–Crippen MR) is 107 cm³/mol. The summed E-state index contributed by atoms with van der Waals surface area (Å²) in [7, 11) is 1.44. The van der Waals surface area contributed by atoms with E-state index in [9.17, 15) is 9.59 Å². The van der Waals surface area contributed by atoms with Gasteiger partial charge in [0.25, 0.3) is 0 Å². The summed E-state index contributed by atoms with van der Waals surface area (Å²) >= 11 is 0. The van der Waals surface area contributed by atoms with Crippen LogP contribution in [0.2, 0.25) is 0 Å². The number of hydrogen-bond acceptors (Lipinski definition) is 4. The monoisotopic (exact) mass is 378 g/mol. The highest BCUT2D eigenvalue weighted by molar-refractivity contribution is 5.69. The normalized spacial score (nSPS) is 33.7. The minimum atomic E-state index is -0.226. The van der Waals surface area contributed by atoms with Gasteiger partial charge in [-0.15, -0.1) is 0 Å². The van der Waals surface area contributed by atoms with E-state index in [1.807, 2.05) is 0 Å². The second kappa shape index (κ2) is 8.36. The number of methoxy groups -OCH3 is 1. The maximum Gasteiger partial charge on any atom is 0.305 e. The molecule has 5 atom stereocenters. The molecule has 0 saturated heterocycles. The summed E-state index contributed by atoms with van der Waals surface area (Å²) in [5.41, 5.74) is 1.49. The van der Waals surface area contributed by atoms with Crippen LogP contribution in [0.5, 0.6) is 0 Å². The number of hydrogen-bond donors (Lipinski definition) is 0. The zero-order chi connectivity index (χ0) is 20.4. The molecule has 2 rings (SSSR count). The molecule has 0 amide bonds. The lowest BCUT2D eigenvalue weighted by molar-refractivity contribution is -0.153. The van der Waals surface area contributed by atoms with Crippen LogP contribution in [-0.2, 0) is 19.1 Å². The molecule has 0 aromatic rings. The number of fused-ring (bicyclic) bond motifs is 1. The van der Waals surface area contributed by atoms with Crippen molar-refractivity contribution in [2.24, 2.45) is 28.6 Å². The van der Waals surface area contributed by atoms with Gasteiger partial charge in [0, 0.05) is 13.3 Å². The fourth-order valence-electron chi connectivity index (χ4n) is 5.95. The van der Waals surface area contributed by atoms with Crippen molar-refractivity contribution in [3.8, 4) is 0 Å². The van der Waals surface area contributed by atoms with E-state index in [-0.39, 0.29) is 34.8 Å². The van der Waals surface area contributed by atoms with Crippen molar-refractivity contribution in [3.05, 3.63) is 12.2 Å². The fraction of sp³-hybridized carbons (Fsp3) is 0.826. The van der Waals surface area contributed by atoms with Crippen molar-refractivity contribution in [1.82, 2.24) is 0 Å². The van der Waals surface area contributed by atoms with Gasteiger partial charge in [-0.25, -0.2) is 0 Å². The molecule has 2 fully saturated rings. The molecule has 4 heteroatoms. The Morgan fingerprint density at radius 3 is 2.52 bits per heavy atom. The largest absolute Gasteiger partial charge is 0.469 e. The van der Waals surface area contributed by atoms with E-state index in [0.29, 0.717) is 18.3 Å². The first-order valence-electron chi connectivity index (χ1n) is 10.4. The molecular formula is C23H38O4. The molecule has 0 heterocycles. The fourth-order valence-corrected chi connectivity index (χ4v) is 5.95. The molecule has 0 aliphatic heterocycles. The molecule has 0 aromatic carbocycles. The summed E-state index contributed by atoms with van der Waals surface area (Å²) in [6.07, 6.45) is 6.75. The van der Waals surface area contributed by atoms with Crippen LogP contribution >= 0.6 is 0 Å². The Morgan fingerprint density at radius 1 is 1.26 bits per heavy atom. The Morgan fingerprint density at radius 2 is 1.93 bits per heavy atom. The summed E-state index contributed by atoms with van der Waals surface area (Å²) in [5.74, 6) is 0.731. The minimum Gasteiger partial charge on any atom is -0.469 e. The first-order valence-corrected chi connectivity index (χ1v) is 10.4. The van der Waals surface area contributed by atoms with Crippen LogP contribution in [0, 0.1) is 28.6 Å². The van der Waals surface area contributed by atoms with Gasteiger partial charge in [0.15, 0.2) is 0 Å². The summed E-state index contributed by atoms with van der Waals surface area (Å²) in [5, 5.41) is 0. The number of ether oxygens (including phenoxy) is 2. The van der Waals surface area contributed by atoms with Gasteiger partial charge in [0.05, 0.1) is 7.11 Å². The molecule has 27 heavy (non-hydrogen) atoms. The predicted octanol–water partition coefficient (Wildman–Crippen LogP) is 5.31. The Hall–Kier alpha value is -1.32. The Kier molecular flexibility index (Phi) is 6.81. The van der Waals surface area contributed by atoms with Gasteiger partial charge in [-0.1, -0.05) is 40.7 Å². The minimum absolute atomic E-state index is 0.148. The van der Waals surface area contributed by atoms with Gasteiger partial charge in [-0.05, 0) is 66.3 Å². The first-order chi connectivity index (χ1) is 12.5. The number of rotatable bonds is 6. The van der Waals surface area contributed by atoms with Crippen LogP contribution in [0.15, 0.2) is 12.2 Å². The quantitative estimate of drug-likeness (QED) is 0.464. The third-order valence-electron chi connectivity index (χ3n) is 7.38. The average Bonchev–Trinajstić information content (AvgIpc) is 2.55. The molecule has 2 saturated carbocycles. The summed E-state index contributed by atoms with van der Waals surface area (Å²) in [6.45, 7) is 15.1. The average molecular weight is 379 g/mol. The van der Waals surface area contributed by atoms with E-state index in [4.69, 9.17) is 9.47 Å². The van der Waals surface area contributed by atoms with Gasteiger partial charge >= 0.3 is 11.9 Å². The van der Waals surface area contributed by atoms with E-state index in [2.05, 4.69) is 34.3 Å². The Bertz CT molecular complexity index is 579. The van der Waals surface area contributed by atoms with Gasteiger partial charge in [-0.3, -0.25) is 9.59 Å². The molecule has 154 valence electrons. The SMILES string of the molecule is C=C1C(OC(C)=O)CC2C(C)(C)CCCC2(C)C1CCC(C)CC(=O)OC. The number of carbonyl (C=O) groups is 2. The highest BCUT2D eigenvalue weighted by Crippen LogP contribution is 2.62. The highest BCUT2D eigenvalue weighted by atomic mass is 16.5. The maximum absolute atomic E-state index is 11.7. The smallest absolute Gasteiger partial charge is 0.305 e. The van der Waals surface area contributed by atoms with Crippen molar-refractivity contribution in [3.63, 3.8) is 0 Å². The van der Waals surface area contributed by atoms with Crippen LogP contribution in [0.3, 0.4) is 0 Å². The van der Waals surface area contributed by atoms with Crippen molar-refractivity contribution in [2.45, 2.75) is 85.7 Å². The molecule has 0 bridgehead atoms. The first kappa shape index (κ1) is 22.0. The van der Waals surface area contributed by atoms with E-state index >= 15 is 0 Å². The molecule has 0 aromatic heterocycles. The molecule has 0 N–H and O–H groups in total. The zero-order valence-electron chi connectivity index (χ0n) is 18.1. The molecular weight excluding hydrogens is 340 g/mol. The lowest BCUT2D eigenvalue weighted by Crippen LogP contribution is -2.53. The lowest BCUT2D eigenvalue weighted by Gasteiger charge is -2.59. The zero-order valence-corrected chi connectivity index (χ0v) is 18.1. The van der Waals surface area contributed by atoms with Crippen LogP contribution in [0.1, 0.15) is 79.6 Å². The van der Waals surface area contributed by atoms with Crippen LogP contribution < -0.4 is 0 Å². The van der Waals surface area contributed by atoms with Gasteiger partial charge in [0.2, 0.25) is 0 Å². The summed E-state index contributed by atoms with van der Waals surface area (Å²) in [4.78, 5) is 23.3. The van der Waals surface area contributed by atoms with E-state index in [1.165, 1.54) is 33.3 Å². The molecule has 5 unspecified atom stereocenters. The third-order valence-corrected chi connectivity index (χ3v) is 7.38. The van der Waals surface area contributed by atoms with Crippen LogP contribution in [0.4, 0.5) is 0 Å². The Balaban J connectivity index is 2.22. The van der Waals surface area contributed by atoms with Crippen LogP contribution in [0.25, 0.3) is 0 Å². The maximum atomic E-state index is 11.7. The summed E-state index contributed by atoms with van der Waals surface area (Å²) < 4.78 is 10.5. The van der Waals surface area contributed by atoms with E-state index < -0.39 is 0 Å². The molecule has 0 spiro atoms. The van der Waals surface area contributed by atoms with Gasteiger partial charge < -0.3 is 9.47 Å². The Labute approximate surface area is 165 Å². The summed E-state index contributed by atoms with van der Waals surface area (Å²) in [6, 6.07) is 0. The van der Waals surface area contributed by atoms with Crippen molar-refractivity contribution in [1.29, 1.82) is 0 Å². The topological polar surface area (TPSA) is 52.6 Å². The molecule has 2 aliphatic rings. The molecule has 0 radical (unpaired) electrons. The molecule has 2 aliphatic carbocycles. The van der Waals surface area contributed by atoms with Gasteiger partial charge in [-0.2, -0.15) is 0 Å². The van der Waals surface area contributed by atoms with Crippen molar-refractivity contribution < 1.29 is 19.1 Å². The molecule has 4 nitrogen and oxygen atoms in total.